The highest BCUT2D eigenvalue weighted by Crippen LogP contribution is 2.26. The van der Waals surface area contributed by atoms with Crippen molar-refractivity contribution in [2.45, 2.75) is 19.8 Å². The number of esters is 1. The molecule has 0 aromatic heterocycles. The van der Waals surface area contributed by atoms with Crippen LogP contribution in [0.4, 0.5) is 0 Å². The Morgan fingerprint density at radius 2 is 2.12 bits per heavy atom. The predicted octanol–water partition coefficient (Wildman–Crippen LogP) is 2.55. The van der Waals surface area contributed by atoms with E-state index in [1.165, 1.54) is 7.11 Å². The molecule has 88 valence electrons. The van der Waals surface area contributed by atoms with Crippen molar-refractivity contribution >= 4 is 11.8 Å². The highest BCUT2D eigenvalue weighted by molar-refractivity contribution is 6.11. The molecule has 0 amide bonds. The van der Waals surface area contributed by atoms with Crippen LogP contribution < -0.4 is 0 Å². The fourth-order valence-corrected chi connectivity index (χ4v) is 2.08. The SMILES string of the molecule is CC=C1CCc2ccc(C(=O)OC)cc2C1=O. The lowest BCUT2D eigenvalue weighted by Gasteiger charge is -2.17. The molecular formula is C14H14O3. The van der Waals surface area contributed by atoms with E-state index in [9.17, 15) is 9.59 Å². The van der Waals surface area contributed by atoms with Crippen LogP contribution in [0.15, 0.2) is 29.8 Å². The number of ketones is 1. The van der Waals surface area contributed by atoms with E-state index in [1.54, 1.807) is 12.1 Å². The van der Waals surface area contributed by atoms with Crippen LogP contribution in [0.25, 0.3) is 0 Å². The fourth-order valence-electron chi connectivity index (χ4n) is 2.08. The van der Waals surface area contributed by atoms with E-state index < -0.39 is 5.97 Å². The molecule has 0 bridgehead atoms. The van der Waals surface area contributed by atoms with Gasteiger partial charge in [0.1, 0.15) is 0 Å². The van der Waals surface area contributed by atoms with Crippen molar-refractivity contribution in [1.82, 2.24) is 0 Å². The predicted molar refractivity (Wildman–Crippen MR) is 64.2 cm³/mol. The summed E-state index contributed by atoms with van der Waals surface area (Å²) in [6.07, 6.45) is 3.47. The van der Waals surface area contributed by atoms with E-state index in [-0.39, 0.29) is 5.78 Å². The number of fused-ring (bicyclic) bond motifs is 1. The van der Waals surface area contributed by atoms with E-state index >= 15 is 0 Å². The van der Waals surface area contributed by atoms with Gasteiger partial charge in [-0.3, -0.25) is 4.79 Å². The first-order valence-corrected chi connectivity index (χ1v) is 5.58. The van der Waals surface area contributed by atoms with Crippen LogP contribution >= 0.6 is 0 Å². The van der Waals surface area contributed by atoms with Gasteiger partial charge in [-0.05, 0) is 43.0 Å². The maximum Gasteiger partial charge on any atom is 0.337 e. The summed E-state index contributed by atoms with van der Waals surface area (Å²) in [5.41, 5.74) is 2.89. The van der Waals surface area contributed by atoms with E-state index in [4.69, 9.17) is 0 Å². The Bertz CT molecular complexity index is 512. The van der Waals surface area contributed by atoms with Crippen molar-refractivity contribution in [2.75, 3.05) is 7.11 Å². The second kappa shape index (κ2) is 4.53. The molecule has 2 rings (SSSR count). The Hall–Kier alpha value is -1.90. The largest absolute Gasteiger partial charge is 0.465 e. The number of hydrogen-bond acceptors (Lipinski definition) is 3. The van der Waals surface area contributed by atoms with E-state index in [1.807, 2.05) is 19.1 Å². The molecule has 0 radical (unpaired) electrons. The number of hydrogen-bond donors (Lipinski definition) is 0. The number of rotatable bonds is 1. The molecule has 0 saturated carbocycles. The second-order valence-electron chi connectivity index (χ2n) is 4.01. The Morgan fingerprint density at radius 1 is 1.35 bits per heavy atom. The van der Waals surface area contributed by atoms with E-state index in [0.29, 0.717) is 11.1 Å². The summed E-state index contributed by atoms with van der Waals surface area (Å²) in [6.45, 7) is 1.86. The molecule has 0 heterocycles. The Balaban J connectivity index is 2.47. The van der Waals surface area contributed by atoms with Crippen LogP contribution in [0.5, 0.6) is 0 Å². The molecule has 0 N–H and O–H groups in total. The molecule has 0 fully saturated rings. The van der Waals surface area contributed by atoms with Gasteiger partial charge < -0.3 is 4.74 Å². The zero-order chi connectivity index (χ0) is 12.4. The number of aryl methyl sites for hydroxylation is 1. The van der Waals surface area contributed by atoms with Gasteiger partial charge in [-0.25, -0.2) is 4.79 Å². The zero-order valence-corrected chi connectivity index (χ0v) is 9.95. The molecule has 1 aliphatic rings. The average Bonchev–Trinajstić information content (AvgIpc) is 2.38. The van der Waals surface area contributed by atoms with Crippen LogP contribution in [0.1, 0.15) is 39.6 Å². The summed E-state index contributed by atoms with van der Waals surface area (Å²) in [6, 6.07) is 5.18. The molecular weight excluding hydrogens is 216 g/mol. The molecule has 3 heteroatoms. The number of Topliss-reactive ketones (excluding diaryl/α,β-unsaturated/α-hetero) is 1. The van der Waals surface area contributed by atoms with Crippen molar-refractivity contribution in [2.24, 2.45) is 0 Å². The second-order valence-corrected chi connectivity index (χ2v) is 4.01. The monoisotopic (exact) mass is 230 g/mol. The zero-order valence-electron chi connectivity index (χ0n) is 9.95. The van der Waals surface area contributed by atoms with Crippen molar-refractivity contribution in [3.05, 3.63) is 46.5 Å². The molecule has 0 aliphatic heterocycles. The minimum absolute atomic E-state index is 0.0273. The van der Waals surface area contributed by atoms with Crippen molar-refractivity contribution in [3.63, 3.8) is 0 Å². The van der Waals surface area contributed by atoms with Gasteiger partial charge in [0.2, 0.25) is 0 Å². The van der Waals surface area contributed by atoms with Gasteiger partial charge in [0, 0.05) is 5.56 Å². The molecule has 1 aliphatic carbocycles. The Morgan fingerprint density at radius 3 is 2.76 bits per heavy atom. The lowest BCUT2D eigenvalue weighted by molar-refractivity contribution is 0.0600. The highest BCUT2D eigenvalue weighted by Gasteiger charge is 2.22. The summed E-state index contributed by atoms with van der Waals surface area (Å²) in [5.74, 6) is -0.382. The Labute approximate surface area is 100 Å². The average molecular weight is 230 g/mol. The van der Waals surface area contributed by atoms with Gasteiger partial charge >= 0.3 is 5.97 Å². The first-order chi connectivity index (χ1) is 8.17. The minimum Gasteiger partial charge on any atom is -0.465 e. The first kappa shape index (κ1) is 11.6. The van der Waals surface area contributed by atoms with E-state index in [2.05, 4.69) is 4.74 Å². The number of ether oxygens (including phenoxy) is 1. The summed E-state index contributed by atoms with van der Waals surface area (Å²) in [5, 5.41) is 0. The number of benzene rings is 1. The minimum atomic E-state index is -0.409. The first-order valence-electron chi connectivity index (χ1n) is 5.58. The smallest absolute Gasteiger partial charge is 0.337 e. The lowest BCUT2D eigenvalue weighted by Crippen LogP contribution is -2.15. The van der Waals surface area contributed by atoms with Crippen LogP contribution in [-0.2, 0) is 11.2 Å². The molecule has 0 atom stereocenters. The third-order valence-electron chi connectivity index (χ3n) is 3.08. The Kier molecular flexibility index (Phi) is 3.09. The number of carbonyl (C=O) groups excluding carboxylic acids is 2. The fraction of sp³-hybridized carbons (Fsp3) is 0.286. The number of allylic oxidation sites excluding steroid dienone is 2. The van der Waals surface area contributed by atoms with Gasteiger partial charge in [-0.1, -0.05) is 12.1 Å². The number of methoxy groups -OCH3 is 1. The van der Waals surface area contributed by atoms with Crippen molar-refractivity contribution in [1.29, 1.82) is 0 Å². The third kappa shape index (κ3) is 2.00. The molecule has 1 aromatic carbocycles. The molecule has 3 nitrogen and oxygen atoms in total. The van der Waals surface area contributed by atoms with Gasteiger partial charge in [0.25, 0.3) is 0 Å². The molecule has 0 unspecified atom stereocenters. The molecule has 17 heavy (non-hydrogen) atoms. The van der Waals surface area contributed by atoms with Crippen LogP contribution in [-0.4, -0.2) is 18.9 Å². The summed E-state index contributed by atoms with van der Waals surface area (Å²) >= 11 is 0. The summed E-state index contributed by atoms with van der Waals surface area (Å²) < 4.78 is 4.65. The van der Waals surface area contributed by atoms with E-state index in [0.717, 1.165) is 24.0 Å². The van der Waals surface area contributed by atoms with Crippen LogP contribution in [0, 0.1) is 0 Å². The van der Waals surface area contributed by atoms with Gasteiger partial charge in [0.05, 0.1) is 12.7 Å². The van der Waals surface area contributed by atoms with Crippen LogP contribution in [0.2, 0.25) is 0 Å². The quantitative estimate of drug-likeness (QED) is 0.550. The lowest BCUT2D eigenvalue weighted by atomic mass is 9.86. The van der Waals surface area contributed by atoms with Gasteiger partial charge in [0.15, 0.2) is 5.78 Å². The van der Waals surface area contributed by atoms with Gasteiger partial charge in [-0.15, -0.1) is 0 Å². The maximum atomic E-state index is 12.1. The van der Waals surface area contributed by atoms with Crippen LogP contribution in [0.3, 0.4) is 0 Å². The molecule has 0 spiro atoms. The summed E-state index contributed by atoms with van der Waals surface area (Å²) in [7, 11) is 1.33. The highest BCUT2D eigenvalue weighted by atomic mass is 16.5. The maximum absolute atomic E-state index is 12.1. The van der Waals surface area contributed by atoms with Crippen molar-refractivity contribution in [3.8, 4) is 0 Å². The standard InChI is InChI=1S/C14H14O3/c1-3-9-4-5-10-6-7-11(14(16)17-2)8-12(10)13(9)15/h3,6-8H,4-5H2,1-2H3. The van der Waals surface area contributed by atoms with Crippen molar-refractivity contribution < 1.29 is 14.3 Å². The topological polar surface area (TPSA) is 43.4 Å². The molecule has 1 aromatic rings. The number of carbonyl (C=O) groups is 2. The third-order valence-corrected chi connectivity index (χ3v) is 3.08. The molecule has 0 saturated heterocycles. The summed E-state index contributed by atoms with van der Waals surface area (Å²) in [4.78, 5) is 23.5. The van der Waals surface area contributed by atoms with Gasteiger partial charge in [-0.2, -0.15) is 0 Å². The normalized spacial score (nSPS) is 16.8.